The van der Waals surface area contributed by atoms with Gasteiger partial charge in [0.25, 0.3) is 0 Å². The van der Waals surface area contributed by atoms with Crippen LogP contribution in [0.4, 0.5) is 0 Å². The number of hydrogen-bond donors (Lipinski definition) is 0. The lowest BCUT2D eigenvalue weighted by Gasteiger charge is -2.08. The summed E-state index contributed by atoms with van der Waals surface area (Å²) in [6.07, 6.45) is 5.64. The number of aromatic nitrogens is 2. The molecule has 0 N–H and O–H groups in total. The molecule has 98 valence electrons. The van der Waals surface area contributed by atoms with E-state index in [1.807, 2.05) is 31.2 Å². The first-order valence-corrected chi connectivity index (χ1v) is 6.13. The maximum Gasteiger partial charge on any atom is 0.320 e. The van der Waals surface area contributed by atoms with Crippen LogP contribution in [0.3, 0.4) is 0 Å². The van der Waals surface area contributed by atoms with Crippen molar-refractivity contribution in [3.63, 3.8) is 0 Å². The molecule has 19 heavy (non-hydrogen) atoms. The second kappa shape index (κ2) is 5.52. The van der Waals surface area contributed by atoms with E-state index in [4.69, 9.17) is 0 Å². The van der Waals surface area contributed by atoms with Gasteiger partial charge in [-0.3, -0.25) is 14.2 Å². The second-order valence-corrected chi connectivity index (χ2v) is 4.39. The van der Waals surface area contributed by atoms with E-state index in [1.54, 1.807) is 18.5 Å². The molecule has 0 bridgehead atoms. The topological polar surface area (TPSA) is 44.0 Å². The zero-order valence-corrected chi connectivity index (χ0v) is 10.9. The summed E-state index contributed by atoms with van der Waals surface area (Å²) in [4.78, 5) is 24.0. The van der Waals surface area contributed by atoms with Crippen LogP contribution >= 0.6 is 0 Å². The average molecular weight is 256 g/mol. The van der Waals surface area contributed by atoms with E-state index in [2.05, 4.69) is 6.58 Å². The van der Waals surface area contributed by atoms with Crippen molar-refractivity contribution >= 4 is 0 Å². The van der Waals surface area contributed by atoms with Gasteiger partial charge < -0.3 is 4.57 Å². The van der Waals surface area contributed by atoms with Crippen LogP contribution < -0.4 is 11.1 Å². The minimum absolute atomic E-state index is 0.478. The van der Waals surface area contributed by atoms with E-state index in [-0.39, 0.29) is 0 Å². The first kappa shape index (κ1) is 13.1. The van der Waals surface area contributed by atoms with Crippen LogP contribution in [0.25, 0.3) is 5.69 Å². The van der Waals surface area contributed by atoms with Gasteiger partial charge in [-0.1, -0.05) is 18.2 Å². The molecule has 2 aromatic rings. The monoisotopic (exact) mass is 256 g/mol. The van der Waals surface area contributed by atoms with Gasteiger partial charge in [0.15, 0.2) is 0 Å². The Bertz CT molecular complexity index is 711. The van der Waals surface area contributed by atoms with Crippen molar-refractivity contribution in [1.82, 2.24) is 9.13 Å². The zero-order valence-electron chi connectivity index (χ0n) is 10.9. The summed E-state index contributed by atoms with van der Waals surface area (Å²) in [6.45, 7) is 6.03. The van der Waals surface area contributed by atoms with E-state index < -0.39 is 11.1 Å². The lowest BCUT2D eigenvalue weighted by molar-refractivity contribution is 0.656. The van der Waals surface area contributed by atoms with Gasteiger partial charge in [-0.15, -0.1) is 6.58 Å². The molecule has 0 spiro atoms. The van der Waals surface area contributed by atoms with E-state index in [9.17, 15) is 9.59 Å². The number of benzene rings is 1. The van der Waals surface area contributed by atoms with E-state index in [0.29, 0.717) is 18.7 Å². The number of allylic oxidation sites excluding steroid dienone is 1. The fourth-order valence-corrected chi connectivity index (χ4v) is 1.90. The van der Waals surface area contributed by atoms with Gasteiger partial charge >= 0.3 is 11.1 Å². The Morgan fingerprint density at radius 1 is 1.21 bits per heavy atom. The molecule has 0 aliphatic rings. The molecule has 4 heteroatoms. The number of aryl methyl sites for hydroxylation is 2. The molecular formula is C15H16N2O2. The van der Waals surface area contributed by atoms with Gasteiger partial charge in [0.05, 0.1) is 0 Å². The third kappa shape index (κ3) is 2.73. The van der Waals surface area contributed by atoms with Crippen molar-refractivity contribution in [2.24, 2.45) is 0 Å². The molecular weight excluding hydrogens is 240 g/mol. The van der Waals surface area contributed by atoms with Crippen LogP contribution in [0, 0.1) is 6.92 Å². The first-order valence-electron chi connectivity index (χ1n) is 6.13. The van der Waals surface area contributed by atoms with Gasteiger partial charge in [0.1, 0.15) is 0 Å². The van der Waals surface area contributed by atoms with Gasteiger partial charge in [-0.2, -0.15) is 0 Å². The van der Waals surface area contributed by atoms with Crippen LogP contribution in [-0.4, -0.2) is 9.13 Å². The standard InChI is InChI=1S/C15H16N2O2/c1-3-4-8-16-9-10-17(15(19)14(16)18)13-7-5-6-12(2)11-13/h3,5-7,9-11H,1,4,8H2,2H3. The number of rotatable bonds is 4. The van der Waals surface area contributed by atoms with Crippen molar-refractivity contribution in [3.8, 4) is 5.69 Å². The minimum atomic E-state index is -0.530. The molecule has 0 amide bonds. The Morgan fingerprint density at radius 2 is 2.00 bits per heavy atom. The third-order valence-electron chi connectivity index (χ3n) is 2.91. The summed E-state index contributed by atoms with van der Waals surface area (Å²) in [7, 11) is 0. The highest BCUT2D eigenvalue weighted by molar-refractivity contribution is 5.35. The summed E-state index contributed by atoms with van der Waals surface area (Å²) in [6, 6.07) is 7.48. The predicted octanol–water partition coefficient (Wildman–Crippen LogP) is 1.88. The van der Waals surface area contributed by atoms with Crippen molar-refractivity contribution in [3.05, 3.63) is 75.6 Å². The molecule has 0 saturated heterocycles. The Morgan fingerprint density at radius 3 is 2.68 bits per heavy atom. The molecule has 0 unspecified atom stereocenters. The highest BCUT2D eigenvalue weighted by atomic mass is 16.2. The largest absolute Gasteiger partial charge is 0.320 e. The van der Waals surface area contributed by atoms with E-state index in [0.717, 1.165) is 5.56 Å². The Hall–Kier alpha value is -2.36. The molecule has 0 atom stereocenters. The molecule has 0 aliphatic heterocycles. The fourth-order valence-electron chi connectivity index (χ4n) is 1.90. The van der Waals surface area contributed by atoms with Crippen LogP contribution in [0.1, 0.15) is 12.0 Å². The number of nitrogens with zero attached hydrogens (tertiary/aromatic N) is 2. The van der Waals surface area contributed by atoms with Gasteiger partial charge in [-0.05, 0) is 31.0 Å². The molecule has 1 aromatic heterocycles. The molecule has 0 radical (unpaired) electrons. The Balaban J connectivity index is 2.50. The summed E-state index contributed by atoms with van der Waals surface area (Å²) in [5.74, 6) is 0. The Kier molecular flexibility index (Phi) is 3.80. The van der Waals surface area contributed by atoms with Gasteiger partial charge in [0.2, 0.25) is 0 Å². The van der Waals surface area contributed by atoms with Crippen LogP contribution in [0.5, 0.6) is 0 Å². The van der Waals surface area contributed by atoms with Crippen LogP contribution in [0.15, 0.2) is 58.9 Å². The quantitative estimate of drug-likeness (QED) is 0.619. The molecule has 1 heterocycles. The molecule has 1 aromatic carbocycles. The SMILES string of the molecule is C=CCCn1ccn(-c2cccc(C)c2)c(=O)c1=O. The summed E-state index contributed by atoms with van der Waals surface area (Å²) in [5, 5.41) is 0. The van der Waals surface area contributed by atoms with Crippen molar-refractivity contribution < 1.29 is 0 Å². The molecule has 2 rings (SSSR count). The average Bonchev–Trinajstić information content (AvgIpc) is 2.40. The molecule has 4 nitrogen and oxygen atoms in total. The van der Waals surface area contributed by atoms with E-state index >= 15 is 0 Å². The third-order valence-corrected chi connectivity index (χ3v) is 2.91. The fraction of sp³-hybridized carbons (Fsp3) is 0.200. The predicted molar refractivity (Wildman–Crippen MR) is 75.9 cm³/mol. The maximum atomic E-state index is 12.1. The molecule has 0 aliphatic carbocycles. The highest BCUT2D eigenvalue weighted by Gasteiger charge is 2.06. The maximum absolute atomic E-state index is 12.1. The normalized spacial score (nSPS) is 10.4. The van der Waals surface area contributed by atoms with Crippen molar-refractivity contribution in [2.75, 3.05) is 0 Å². The number of hydrogen-bond acceptors (Lipinski definition) is 2. The van der Waals surface area contributed by atoms with Gasteiger partial charge in [0, 0.05) is 24.6 Å². The van der Waals surface area contributed by atoms with E-state index in [1.165, 1.54) is 9.13 Å². The highest BCUT2D eigenvalue weighted by Crippen LogP contribution is 2.06. The van der Waals surface area contributed by atoms with Crippen LogP contribution in [0.2, 0.25) is 0 Å². The summed E-state index contributed by atoms with van der Waals surface area (Å²) in [5.41, 5.74) is 0.709. The minimum Gasteiger partial charge on any atom is -0.309 e. The molecule has 0 saturated carbocycles. The summed E-state index contributed by atoms with van der Waals surface area (Å²) >= 11 is 0. The smallest absolute Gasteiger partial charge is 0.309 e. The van der Waals surface area contributed by atoms with Crippen molar-refractivity contribution in [1.29, 1.82) is 0 Å². The zero-order chi connectivity index (χ0) is 13.8. The Labute approximate surface area is 111 Å². The summed E-state index contributed by atoms with van der Waals surface area (Å²) < 4.78 is 2.79. The van der Waals surface area contributed by atoms with Crippen molar-refractivity contribution in [2.45, 2.75) is 19.9 Å². The lowest BCUT2D eigenvalue weighted by atomic mass is 10.2. The molecule has 0 fully saturated rings. The second-order valence-electron chi connectivity index (χ2n) is 4.39. The lowest BCUT2D eigenvalue weighted by Crippen LogP contribution is -2.39. The first-order chi connectivity index (χ1) is 9.13. The van der Waals surface area contributed by atoms with Gasteiger partial charge in [-0.25, -0.2) is 0 Å². The van der Waals surface area contributed by atoms with Crippen LogP contribution in [-0.2, 0) is 6.54 Å².